The van der Waals surface area contributed by atoms with Crippen molar-refractivity contribution in [2.24, 2.45) is 0 Å². The summed E-state index contributed by atoms with van der Waals surface area (Å²) in [7, 11) is 0. The van der Waals surface area contributed by atoms with Crippen LogP contribution in [0, 0.1) is 0 Å². The van der Waals surface area contributed by atoms with Crippen molar-refractivity contribution in [1.29, 1.82) is 0 Å². The zero-order valence-electron chi connectivity index (χ0n) is 20.4. The first-order valence-electron chi connectivity index (χ1n) is 12.2. The summed E-state index contributed by atoms with van der Waals surface area (Å²) >= 11 is 0. The molecule has 1 aliphatic heterocycles. The van der Waals surface area contributed by atoms with Gasteiger partial charge in [-0.05, 0) is 11.1 Å². The van der Waals surface area contributed by atoms with Crippen molar-refractivity contribution in [3.63, 3.8) is 0 Å². The van der Waals surface area contributed by atoms with Crippen LogP contribution in [0.1, 0.15) is 33.5 Å². The summed E-state index contributed by atoms with van der Waals surface area (Å²) in [5, 5.41) is 17.3. The number of rotatable bonds is 10. The number of hydrogen-bond acceptors (Lipinski definition) is 5. The highest BCUT2D eigenvalue weighted by molar-refractivity contribution is 6.09. The van der Waals surface area contributed by atoms with Gasteiger partial charge in [-0.15, -0.1) is 0 Å². The van der Waals surface area contributed by atoms with Crippen LogP contribution in [0.2, 0.25) is 0 Å². The minimum atomic E-state index is -1.26. The minimum Gasteiger partial charge on any atom is -0.480 e. The van der Waals surface area contributed by atoms with Crippen molar-refractivity contribution in [2.75, 3.05) is 0 Å². The normalized spacial score (nSPS) is 17.6. The predicted octanol–water partition coefficient (Wildman–Crippen LogP) is 1.65. The van der Waals surface area contributed by atoms with Gasteiger partial charge in [0.05, 0.1) is 6.42 Å². The van der Waals surface area contributed by atoms with Crippen LogP contribution in [0.15, 0.2) is 84.9 Å². The number of ketones is 1. The van der Waals surface area contributed by atoms with E-state index in [1.807, 2.05) is 36.4 Å². The monoisotopic (exact) mass is 513 g/mol. The molecular formula is C29H27N3O6. The van der Waals surface area contributed by atoms with Gasteiger partial charge in [0.15, 0.2) is 5.78 Å². The molecule has 4 N–H and O–H groups in total. The summed E-state index contributed by atoms with van der Waals surface area (Å²) in [5.74, 6) is -3.01. The molecule has 0 aromatic heterocycles. The van der Waals surface area contributed by atoms with Crippen molar-refractivity contribution in [1.82, 2.24) is 16.0 Å². The number of amides is 3. The van der Waals surface area contributed by atoms with Crippen molar-refractivity contribution >= 4 is 29.5 Å². The standard InChI is InChI=1S/C29H27N3O6/c33-25(17-23-28(36)31-22(27(35)32-23)15-18-7-3-1-4-8-18)30-24(29(37)38)16-19-11-13-21(14-12-19)26(34)20-9-5-2-6-10-20/h1-14,22-24H,15-17H2,(H,30,33)(H,31,36)(H,32,35)(H,37,38)/t22-,23-,24+/m0/s1. The summed E-state index contributed by atoms with van der Waals surface area (Å²) in [6, 6.07) is 21.4. The molecule has 3 atom stereocenters. The Kier molecular flexibility index (Phi) is 8.27. The van der Waals surface area contributed by atoms with E-state index in [2.05, 4.69) is 16.0 Å². The highest BCUT2D eigenvalue weighted by Crippen LogP contribution is 2.13. The highest BCUT2D eigenvalue weighted by Gasteiger charge is 2.35. The molecule has 0 bridgehead atoms. The molecule has 0 spiro atoms. The molecule has 0 aliphatic carbocycles. The van der Waals surface area contributed by atoms with Gasteiger partial charge in [-0.25, -0.2) is 4.79 Å². The molecule has 1 heterocycles. The van der Waals surface area contributed by atoms with E-state index in [-0.39, 0.29) is 12.2 Å². The summed E-state index contributed by atoms with van der Waals surface area (Å²) in [4.78, 5) is 62.0. The lowest BCUT2D eigenvalue weighted by Gasteiger charge is -2.29. The highest BCUT2D eigenvalue weighted by atomic mass is 16.4. The van der Waals surface area contributed by atoms with Gasteiger partial charge >= 0.3 is 5.97 Å². The molecule has 3 aromatic carbocycles. The van der Waals surface area contributed by atoms with Gasteiger partial charge in [0.25, 0.3) is 0 Å². The third-order valence-corrected chi connectivity index (χ3v) is 6.26. The van der Waals surface area contributed by atoms with Gasteiger partial charge in [-0.3, -0.25) is 19.2 Å². The number of hydrogen-bond donors (Lipinski definition) is 4. The number of aliphatic carboxylic acids is 1. The average Bonchev–Trinajstić information content (AvgIpc) is 2.92. The molecule has 0 unspecified atom stereocenters. The van der Waals surface area contributed by atoms with Gasteiger partial charge in [0.2, 0.25) is 17.7 Å². The molecule has 194 valence electrons. The van der Waals surface area contributed by atoms with Crippen molar-refractivity contribution in [3.05, 3.63) is 107 Å². The van der Waals surface area contributed by atoms with Crippen LogP contribution in [0.4, 0.5) is 0 Å². The van der Waals surface area contributed by atoms with Gasteiger partial charge in [0, 0.05) is 24.0 Å². The number of carboxylic acid groups (broad SMARTS) is 1. The third-order valence-electron chi connectivity index (χ3n) is 6.26. The van der Waals surface area contributed by atoms with E-state index in [0.717, 1.165) is 5.56 Å². The van der Waals surface area contributed by atoms with E-state index >= 15 is 0 Å². The Balaban J connectivity index is 1.32. The fourth-order valence-corrected chi connectivity index (χ4v) is 4.24. The van der Waals surface area contributed by atoms with Gasteiger partial charge in [0.1, 0.15) is 18.1 Å². The van der Waals surface area contributed by atoms with Crippen LogP contribution in [0.3, 0.4) is 0 Å². The van der Waals surface area contributed by atoms with Crippen LogP contribution in [-0.2, 0) is 32.0 Å². The molecule has 1 saturated heterocycles. The van der Waals surface area contributed by atoms with E-state index in [4.69, 9.17) is 0 Å². The largest absolute Gasteiger partial charge is 0.480 e. The molecule has 9 heteroatoms. The third kappa shape index (κ3) is 6.70. The van der Waals surface area contributed by atoms with E-state index in [9.17, 15) is 29.1 Å². The molecule has 0 radical (unpaired) electrons. The molecule has 3 aromatic rings. The van der Waals surface area contributed by atoms with Crippen molar-refractivity contribution in [2.45, 2.75) is 37.4 Å². The first kappa shape index (κ1) is 26.3. The molecule has 9 nitrogen and oxygen atoms in total. The Bertz CT molecular complexity index is 1330. The Hall–Kier alpha value is -4.79. The van der Waals surface area contributed by atoms with Gasteiger partial charge in [-0.1, -0.05) is 84.9 Å². The Labute approximate surface area is 219 Å². The number of piperazine rings is 1. The maximum absolute atomic E-state index is 12.6. The van der Waals surface area contributed by atoms with E-state index in [0.29, 0.717) is 23.1 Å². The average molecular weight is 514 g/mol. The molecule has 1 aliphatic rings. The summed E-state index contributed by atoms with van der Waals surface area (Å²) in [6.45, 7) is 0. The van der Waals surface area contributed by atoms with Crippen LogP contribution in [0.25, 0.3) is 0 Å². The SMILES string of the molecule is O=C(C[C@@H]1NC(=O)[C@H](Cc2ccccc2)NC1=O)N[C@H](Cc1ccc(C(=O)c2ccccc2)cc1)C(=O)O. The number of benzene rings is 3. The van der Waals surface area contributed by atoms with Gasteiger partial charge in [-0.2, -0.15) is 0 Å². The molecule has 1 fully saturated rings. The lowest BCUT2D eigenvalue weighted by atomic mass is 9.99. The predicted molar refractivity (Wildman–Crippen MR) is 138 cm³/mol. The summed E-state index contributed by atoms with van der Waals surface area (Å²) in [5.41, 5.74) is 2.49. The maximum atomic E-state index is 12.6. The lowest BCUT2D eigenvalue weighted by molar-refractivity contribution is -0.142. The second-order valence-corrected chi connectivity index (χ2v) is 9.07. The van der Waals surface area contributed by atoms with Crippen LogP contribution >= 0.6 is 0 Å². The summed E-state index contributed by atoms with van der Waals surface area (Å²) in [6.07, 6.45) is -0.110. The van der Waals surface area contributed by atoms with Crippen LogP contribution in [-0.4, -0.2) is 52.7 Å². The topological polar surface area (TPSA) is 142 Å². The molecule has 3 amide bonds. The number of nitrogens with one attached hydrogen (secondary N) is 3. The molecular weight excluding hydrogens is 486 g/mol. The first-order chi connectivity index (χ1) is 18.3. The number of carboxylic acids is 1. The maximum Gasteiger partial charge on any atom is 0.326 e. The van der Waals surface area contributed by atoms with E-state index in [1.54, 1.807) is 48.5 Å². The smallest absolute Gasteiger partial charge is 0.326 e. The fourth-order valence-electron chi connectivity index (χ4n) is 4.24. The Morgan fingerprint density at radius 2 is 1.29 bits per heavy atom. The molecule has 4 rings (SSSR count). The van der Waals surface area contributed by atoms with E-state index < -0.39 is 48.2 Å². The number of carbonyl (C=O) groups excluding carboxylic acids is 4. The number of carbonyl (C=O) groups is 5. The zero-order chi connectivity index (χ0) is 27.1. The van der Waals surface area contributed by atoms with Crippen molar-refractivity contribution in [3.8, 4) is 0 Å². The minimum absolute atomic E-state index is 0.0246. The Morgan fingerprint density at radius 3 is 1.92 bits per heavy atom. The fraction of sp³-hybridized carbons (Fsp3) is 0.207. The zero-order valence-corrected chi connectivity index (χ0v) is 20.4. The molecule has 0 saturated carbocycles. The van der Waals surface area contributed by atoms with Gasteiger partial charge < -0.3 is 21.1 Å². The second kappa shape index (κ2) is 12.0. The van der Waals surface area contributed by atoms with Crippen LogP contribution < -0.4 is 16.0 Å². The van der Waals surface area contributed by atoms with Crippen molar-refractivity contribution < 1.29 is 29.1 Å². The van der Waals surface area contributed by atoms with E-state index in [1.165, 1.54) is 0 Å². The summed E-state index contributed by atoms with van der Waals surface area (Å²) < 4.78 is 0. The first-order valence-corrected chi connectivity index (χ1v) is 12.2. The second-order valence-electron chi connectivity index (χ2n) is 9.07. The van der Waals surface area contributed by atoms with Crippen LogP contribution in [0.5, 0.6) is 0 Å². The molecule has 38 heavy (non-hydrogen) atoms. The Morgan fingerprint density at radius 1 is 0.737 bits per heavy atom. The lowest BCUT2D eigenvalue weighted by Crippen LogP contribution is -2.63. The quantitative estimate of drug-likeness (QED) is 0.304.